The van der Waals surface area contributed by atoms with E-state index in [1.54, 1.807) is 50.4 Å². The zero-order valence-corrected chi connectivity index (χ0v) is 18.6. The normalized spacial score (nSPS) is 11.8. The maximum absolute atomic E-state index is 12.3. The van der Waals surface area contributed by atoms with Gasteiger partial charge in [0.2, 0.25) is 0 Å². The molecule has 9 heteroatoms. The second-order valence-corrected chi connectivity index (χ2v) is 7.35. The molecule has 0 aromatic heterocycles. The summed E-state index contributed by atoms with van der Waals surface area (Å²) in [7, 11) is 3.08. The molecule has 2 aromatic rings. The van der Waals surface area contributed by atoms with E-state index in [2.05, 4.69) is 47.7 Å². The van der Waals surface area contributed by atoms with E-state index in [1.807, 2.05) is 0 Å². The van der Waals surface area contributed by atoms with E-state index in [9.17, 15) is 9.59 Å². The van der Waals surface area contributed by atoms with Crippen LogP contribution in [0.5, 0.6) is 11.5 Å². The third-order valence-electron chi connectivity index (χ3n) is 3.74. The van der Waals surface area contributed by atoms with Crippen LogP contribution in [0.3, 0.4) is 0 Å². The SMILES string of the molecule is COc1cc(Br)c(C=NNC(=O)C(C)NC(=O)c2ccccc2Br)cc1OC. The number of carbonyl (C=O) groups excluding carboxylic acids is 2. The second kappa shape index (κ2) is 10.2. The van der Waals surface area contributed by atoms with Crippen LogP contribution in [0.4, 0.5) is 0 Å². The average molecular weight is 513 g/mol. The molecule has 0 aliphatic carbocycles. The summed E-state index contributed by atoms with van der Waals surface area (Å²) in [6.45, 7) is 1.58. The molecule has 2 N–H and O–H groups in total. The Hall–Kier alpha value is -2.39. The predicted octanol–water partition coefficient (Wildman–Crippen LogP) is 3.50. The fourth-order valence-corrected chi connectivity index (χ4v) is 3.11. The first-order valence-corrected chi connectivity index (χ1v) is 9.75. The lowest BCUT2D eigenvalue weighted by molar-refractivity contribution is -0.122. The monoisotopic (exact) mass is 511 g/mol. The molecule has 0 spiro atoms. The van der Waals surface area contributed by atoms with Gasteiger partial charge in [-0.25, -0.2) is 5.43 Å². The Morgan fingerprint density at radius 3 is 2.36 bits per heavy atom. The topological polar surface area (TPSA) is 89.0 Å². The van der Waals surface area contributed by atoms with Gasteiger partial charge in [0.15, 0.2) is 11.5 Å². The third-order valence-corrected chi connectivity index (χ3v) is 5.12. The van der Waals surface area contributed by atoms with Gasteiger partial charge in [0, 0.05) is 14.5 Å². The summed E-state index contributed by atoms with van der Waals surface area (Å²) in [4.78, 5) is 24.4. The van der Waals surface area contributed by atoms with Crippen LogP contribution >= 0.6 is 31.9 Å². The van der Waals surface area contributed by atoms with Crippen molar-refractivity contribution >= 4 is 49.9 Å². The fourth-order valence-electron chi connectivity index (χ4n) is 2.22. The van der Waals surface area contributed by atoms with Crippen LogP contribution in [-0.4, -0.2) is 38.3 Å². The number of nitrogens with one attached hydrogen (secondary N) is 2. The van der Waals surface area contributed by atoms with Crippen molar-refractivity contribution in [2.24, 2.45) is 5.10 Å². The van der Waals surface area contributed by atoms with E-state index in [4.69, 9.17) is 9.47 Å². The van der Waals surface area contributed by atoms with Crippen molar-refractivity contribution in [1.82, 2.24) is 10.7 Å². The van der Waals surface area contributed by atoms with Crippen LogP contribution in [0.15, 0.2) is 50.4 Å². The Kier molecular flexibility index (Phi) is 8.01. The van der Waals surface area contributed by atoms with Crippen molar-refractivity contribution in [2.75, 3.05) is 14.2 Å². The van der Waals surface area contributed by atoms with E-state index < -0.39 is 11.9 Å². The molecule has 0 aliphatic rings. The quantitative estimate of drug-likeness (QED) is 0.439. The number of methoxy groups -OCH3 is 2. The largest absolute Gasteiger partial charge is 0.493 e. The van der Waals surface area contributed by atoms with Crippen molar-refractivity contribution in [3.63, 3.8) is 0 Å². The van der Waals surface area contributed by atoms with Crippen LogP contribution in [0.25, 0.3) is 0 Å². The molecule has 0 saturated heterocycles. The Balaban J connectivity index is 1.99. The van der Waals surface area contributed by atoms with E-state index in [0.29, 0.717) is 27.1 Å². The van der Waals surface area contributed by atoms with E-state index in [0.717, 1.165) is 4.47 Å². The molecule has 0 heterocycles. The summed E-state index contributed by atoms with van der Waals surface area (Å²) in [6, 6.07) is 9.65. The Labute approximate surface area is 179 Å². The molecule has 2 rings (SSSR count). The van der Waals surface area contributed by atoms with Crippen LogP contribution in [-0.2, 0) is 4.79 Å². The molecular weight excluding hydrogens is 494 g/mol. The molecule has 7 nitrogen and oxygen atoms in total. The minimum absolute atomic E-state index is 0.360. The van der Waals surface area contributed by atoms with Gasteiger partial charge in [-0.15, -0.1) is 0 Å². The van der Waals surface area contributed by atoms with Gasteiger partial charge >= 0.3 is 0 Å². The lowest BCUT2D eigenvalue weighted by Crippen LogP contribution is -2.43. The summed E-state index contributed by atoms with van der Waals surface area (Å²) in [5.41, 5.74) is 3.53. The number of halogens is 2. The van der Waals surface area contributed by atoms with Gasteiger partial charge in [0.05, 0.1) is 26.0 Å². The Bertz CT molecular complexity index is 903. The zero-order chi connectivity index (χ0) is 20.7. The highest BCUT2D eigenvalue weighted by molar-refractivity contribution is 9.10. The maximum Gasteiger partial charge on any atom is 0.262 e. The van der Waals surface area contributed by atoms with Gasteiger partial charge in [-0.3, -0.25) is 9.59 Å². The average Bonchev–Trinajstić information content (AvgIpc) is 2.68. The number of benzene rings is 2. The summed E-state index contributed by atoms with van der Waals surface area (Å²) in [5, 5.41) is 6.57. The van der Waals surface area contributed by atoms with Gasteiger partial charge in [-0.2, -0.15) is 5.10 Å². The smallest absolute Gasteiger partial charge is 0.262 e. The highest BCUT2D eigenvalue weighted by atomic mass is 79.9. The number of rotatable bonds is 7. The van der Waals surface area contributed by atoms with Crippen molar-refractivity contribution < 1.29 is 19.1 Å². The Morgan fingerprint density at radius 1 is 1.07 bits per heavy atom. The third kappa shape index (κ3) is 5.56. The van der Waals surface area contributed by atoms with Crippen LogP contribution in [0, 0.1) is 0 Å². The second-order valence-electron chi connectivity index (χ2n) is 5.64. The molecular formula is C19H19Br2N3O4. The molecule has 0 aliphatic heterocycles. The number of hydrogen-bond donors (Lipinski definition) is 2. The summed E-state index contributed by atoms with van der Waals surface area (Å²) >= 11 is 6.72. The standard InChI is InChI=1S/C19H19Br2N3O4/c1-11(23-19(26)13-6-4-5-7-14(13)20)18(25)24-22-10-12-8-16(27-2)17(28-3)9-15(12)21/h4-11H,1-3H3,(H,23,26)(H,24,25). The minimum Gasteiger partial charge on any atom is -0.493 e. The molecule has 148 valence electrons. The van der Waals surface area contributed by atoms with E-state index in [-0.39, 0.29) is 5.91 Å². The van der Waals surface area contributed by atoms with Gasteiger partial charge in [-0.1, -0.05) is 12.1 Å². The molecule has 0 fully saturated rings. The molecule has 2 amide bonds. The highest BCUT2D eigenvalue weighted by Crippen LogP contribution is 2.32. The predicted molar refractivity (Wildman–Crippen MR) is 114 cm³/mol. The van der Waals surface area contributed by atoms with Crippen molar-refractivity contribution in [3.05, 3.63) is 56.5 Å². The highest BCUT2D eigenvalue weighted by Gasteiger charge is 2.17. The van der Waals surface area contributed by atoms with Crippen molar-refractivity contribution in [2.45, 2.75) is 13.0 Å². The van der Waals surface area contributed by atoms with Crippen LogP contribution in [0.1, 0.15) is 22.8 Å². The van der Waals surface area contributed by atoms with Crippen molar-refractivity contribution in [3.8, 4) is 11.5 Å². The zero-order valence-electron chi connectivity index (χ0n) is 15.5. The molecule has 1 atom stereocenters. The minimum atomic E-state index is -0.773. The number of hydrogen-bond acceptors (Lipinski definition) is 5. The molecule has 28 heavy (non-hydrogen) atoms. The maximum atomic E-state index is 12.3. The number of nitrogens with zero attached hydrogens (tertiary/aromatic N) is 1. The molecule has 2 aromatic carbocycles. The first-order valence-electron chi connectivity index (χ1n) is 8.17. The van der Waals surface area contributed by atoms with Crippen LogP contribution in [0.2, 0.25) is 0 Å². The van der Waals surface area contributed by atoms with E-state index in [1.165, 1.54) is 13.3 Å². The fraction of sp³-hybridized carbons (Fsp3) is 0.211. The van der Waals surface area contributed by atoms with Gasteiger partial charge < -0.3 is 14.8 Å². The van der Waals surface area contributed by atoms with Gasteiger partial charge in [0.25, 0.3) is 11.8 Å². The van der Waals surface area contributed by atoms with E-state index >= 15 is 0 Å². The number of amides is 2. The lowest BCUT2D eigenvalue weighted by atomic mass is 10.2. The number of carbonyl (C=O) groups is 2. The van der Waals surface area contributed by atoms with Crippen molar-refractivity contribution in [1.29, 1.82) is 0 Å². The first kappa shape index (κ1) is 21.9. The summed E-state index contributed by atoms with van der Waals surface area (Å²) in [5.74, 6) is 0.293. The number of hydrazone groups is 1. The Morgan fingerprint density at radius 2 is 1.71 bits per heavy atom. The van der Waals surface area contributed by atoms with Gasteiger partial charge in [-0.05, 0) is 63.0 Å². The lowest BCUT2D eigenvalue weighted by Gasteiger charge is -2.13. The first-order chi connectivity index (χ1) is 13.4. The molecule has 0 radical (unpaired) electrons. The summed E-state index contributed by atoms with van der Waals surface area (Å²) < 4.78 is 11.8. The number of ether oxygens (including phenoxy) is 2. The molecule has 0 bridgehead atoms. The summed E-state index contributed by atoms with van der Waals surface area (Å²) in [6.07, 6.45) is 1.46. The molecule has 0 saturated carbocycles. The molecule has 1 unspecified atom stereocenters. The van der Waals surface area contributed by atoms with Gasteiger partial charge in [0.1, 0.15) is 6.04 Å². The van der Waals surface area contributed by atoms with Crippen LogP contribution < -0.4 is 20.2 Å².